The molecule has 4 rings (SSSR count). The lowest BCUT2D eigenvalue weighted by atomic mass is 9.58. The van der Waals surface area contributed by atoms with E-state index in [-0.39, 0.29) is 47.8 Å². The zero-order chi connectivity index (χ0) is 21.7. The van der Waals surface area contributed by atoms with Crippen LogP contribution in [0.5, 0.6) is 11.5 Å². The van der Waals surface area contributed by atoms with Gasteiger partial charge in [0, 0.05) is 35.7 Å². The van der Waals surface area contributed by atoms with E-state index in [0.717, 1.165) is 24.8 Å². The second-order valence-corrected chi connectivity index (χ2v) is 9.98. The van der Waals surface area contributed by atoms with Crippen molar-refractivity contribution in [2.75, 3.05) is 27.4 Å². The number of carbonyl (C=O) groups excluding carboxylic acids is 1. The van der Waals surface area contributed by atoms with Gasteiger partial charge in [0.05, 0.1) is 26.9 Å². The molecular formula is C23H32ClNO5. The Bertz CT molecular complexity index is 828. The van der Waals surface area contributed by atoms with E-state index >= 15 is 0 Å². The first-order valence-electron chi connectivity index (χ1n) is 10.7. The van der Waals surface area contributed by atoms with Crippen molar-refractivity contribution in [1.29, 1.82) is 0 Å². The third-order valence-electron chi connectivity index (χ3n) is 7.93. The van der Waals surface area contributed by atoms with Gasteiger partial charge in [0.2, 0.25) is 5.91 Å². The van der Waals surface area contributed by atoms with E-state index in [1.54, 1.807) is 20.3 Å². The van der Waals surface area contributed by atoms with Crippen LogP contribution in [0.2, 0.25) is 5.02 Å². The number of hydrogen-bond donors (Lipinski definition) is 2. The standard InChI is InChI=1S/C23H32ClNO5/c1-22(2)13-9-16-19(15-10-14(24)11-17(28-3)20(15)29-4)30-8-6-23(16,12-13)21(22)25-18(27)5-7-26/h10-11,13,16,19,21,26H,5-9,12H2,1-4H3,(H,25,27)/t13-,16-,19-,21+,23-/m1/s1. The Morgan fingerprint density at radius 1 is 1.33 bits per heavy atom. The van der Waals surface area contributed by atoms with E-state index < -0.39 is 0 Å². The van der Waals surface area contributed by atoms with Crippen LogP contribution in [-0.2, 0) is 9.53 Å². The molecule has 6 nitrogen and oxygen atoms in total. The van der Waals surface area contributed by atoms with E-state index in [4.69, 9.17) is 25.8 Å². The number of carbonyl (C=O) groups is 1. The normalized spacial score (nSPS) is 33.8. The van der Waals surface area contributed by atoms with Crippen molar-refractivity contribution in [2.45, 2.75) is 51.7 Å². The molecule has 0 unspecified atom stereocenters. The molecule has 1 amide bonds. The van der Waals surface area contributed by atoms with E-state index in [1.807, 2.05) is 6.07 Å². The summed E-state index contributed by atoms with van der Waals surface area (Å²) in [6.45, 7) is 5.01. The summed E-state index contributed by atoms with van der Waals surface area (Å²) in [5.41, 5.74) is 0.874. The maximum absolute atomic E-state index is 12.5. The smallest absolute Gasteiger partial charge is 0.222 e. The molecule has 3 fully saturated rings. The molecular weight excluding hydrogens is 406 g/mol. The molecule has 1 saturated heterocycles. The number of fused-ring (bicyclic) bond motifs is 1. The lowest BCUT2D eigenvalue weighted by Gasteiger charge is -2.53. The van der Waals surface area contributed by atoms with Crippen molar-refractivity contribution >= 4 is 17.5 Å². The van der Waals surface area contributed by atoms with Crippen LogP contribution in [0.3, 0.4) is 0 Å². The summed E-state index contributed by atoms with van der Waals surface area (Å²) in [6, 6.07) is 3.72. The van der Waals surface area contributed by atoms with Crippen molar-refractivity contribution in [3.63, 3.8) is 0 Å². The Kier molecular flexibility index (Phi) is 5.71. The monoisotopic (exact) mass is 437 g/mol. The molecule has 0 aromatic heterocycles. The Labute approximate surface area is 183 Å². The number of nitrogens with one attached hydrogen (secondary N) is 1. The SMILES string of the molecule is COc1cc(Cl)cc([C@H]2OCC[C@@]34C[C@@H](C[C@H]23)C(C)(C)[C@@H]4NC(=O)CCO)c1OC. The minimum Gasteiger partial charge on any atom is -0.493 e. The van der Waals surface area contributed by atoms with Crippen LogP contribution in [0.25, 0.3) is 0 Å². The molecule has 7 heteroatoms. The predicted octanol–water partition coefficient (Wildman–Crippen LogP) is 3.74. The van der Waals surface area contributed by atoms with Crippen LogP contribution in [0.15, 0.2) is 12.1 Å². The molecule has 2 N–H and O–H groups in total. The molecule has 30 heavy (non-hydrogen) atoms. The summed E-state index contributed by atoms with van der Waals surface area (Å²) < 4.78 is 17.6. The van der Waals surface area contributed by atoms with Crippen LogP contribution in [-0.4, -0.2) is 44.5 Å². The van der Waals surface area contributed by atoms with Gasteiger partial charge in [-0.15, -0.1) is 0 Å². The van der Waals surface area contributed by atoms with Crippen LogP contribution < -0.4 is 14.8 Å². The number of hydrogen-bond acceptors (Lipinski definition) is 5. The summed E-state index contributed by atoms with van der Waals surface area (Å²) in [4.78, 5) is 12.5. The second kappa shape index (κ2) is 7.88. The highest BCUT2D eigenvalue weighted by molar-refractivity contribution is 6.30. The molecule has 1 aromatic carbocycles. The minimum atomic E-state index is -0.167. The number of rotatable bonds is 6. The zero-order valence-corrected chi connectivity index (χ0v) is 18.9. The molecule has 1 heterocycles. The van der Waals surface area contributed by atoms with E-state index in [9.17, 15) is 9.90 Å². The van der Waals surface area contributed by atoms with E-state index in [0.29, 0.717) is 29.0 Å². The van der Waals surface area contributed by atoms with Gasteiger partial charge in [-0.25, -0.2) is 0 Å². The number of aliphatic hydroxyl groups is 1. The molecule has 3 aliphatic rings. The van der Waals surface area contributed by atoms with Crippen molar-refractivity contribution < 1.29 is 24.1 Å². The van der Waals surface area contributed by atoms with E-state index in [1.165, 1.54) is 0 Å². The van der Waals surface area contributed by atoms with Crippen molar-refractivity contribution in [3.05, 3.63) is 22.7 Å². The van der Waals surface area contributed by atoms with Crippen molar-refractivity contribution in [1.82, 2.24) is 5.32 Å². The van der Waals surface area contributed by atoms with Crippen molar-refractivity contribution in [2.24, 2.45) is 22.7 Å². The fourth-order valence-corrected chi connectivity index (χ4v) is 6.82. The van der Waals surface area contributed by atoms with Crippen LogP contribution in [0.1, 0.15) is 51.2 Å². The van der Waals surface area contributed by atoms with Gasteiger partial charge in [-0.05, 0) is 48.0 Å². The average Bonchev–Trinajstić information content (AvgIpc) is 3.20. The van der Waals surface area contributed by atoms with Gasteiger partial charge in [0.15, 0.2) is 11.5 Å². The highest BCUT2D eigenvalue weighted by Crippen LogP contribution is 2.71. The van der Waals surface area contributed by atoms with Gasteiger partial charge in [0.1, 0.15) is 0 Å². The van der Waals surface area contributed by atoms with Crippen LogP contribution in [0.4, 0.5) is 0 Å². The third kappa shape index (κ3) is 3.19. The summed E-state index contributed by atoms with van der Waals surface area (Å²) in [5, 5.41) is 13.1. The molecule has 1 aliphatic heterocycles. The minimum absolute atomic E-state index is 0.000382. The maximum atomic E-state index is 12.5. The maximum Gasteiger partial charge on any atom is 0.222 e. The first-order chi connectivity index (χ1) is 14.3. The fourth-order valence-electron chi connectivity index (χ4n) is 6.60. The fraction of sp³-hybridized carbons (Fsp3) is 0.696. The number of methoxy groups -OCH3 is 2. The topological polar surface area (TPSA) is 77.0 Å². The number of halogens is 1. The quantitative estimate of drug-likeness (QED) is 0.709. The summed E-state index contributed by atoms with van der Waals surface area (Å²) >= 11 is 6.40. The number of ether oxygens (including phenoxy) is 3. The number of aliphatic hydroxyl groups excluding tert-OH is 1. The Hall–Kier alpha value is -1.50. The van der Waals surface area contributed by atoms with E-state index in [2.05, 4.69) is 19.2 Å². The number of benzene rings is 1. The lowest BCUT2D eigenvalue weighted by Crippen LogP contribution is -2.59. The lowest BCUT2D eigenvalue weighted by molar-refractivity contribution is -0.138. The number of amides is 1. The van der Waals surface area contributed by atoms with Crippen molar-refractivity contribution in [3.8, 4) is 11.5 Å². The predicted molar refractivity (Wildman–Crippen MR) is 114 cm³/mol. The van der Waals surface area contributed by atoms with Crippen LogP contribution in [0, 0.1) is 22.7 Å². The second-order valence-electron chi connectivity index (χ2n) is 9.54. The highest BCUT2D eigenvalue weighted by atomic mass is 35.5. The largest absolute Gasteiger partial charge is 0.493 e. The third-order valence-corrected chi connectivity index (χ3v) is 8.15. The molecule has 1 aromatic rings. The Balaban J connectivity index is 1.73. The molecule has 2 bridgehead atoms. The summed E-state index contributed by atoms with van der Waals surface area (Å²) in [7, 11) is 3.24. The first-order valence-corrected chi connectivity index (χ1v) is 11.1. The van der Waals surface area contributed by atoms with Gasteiger partial charge in [-0.2, -0.15) is 0 Å². The Morgan fingerprint density at radius 3 is 2.77 bits per heavy atom. The van der Waals surface area contributed by atoms with Gasteiger partial charge in [-0.3, -0.25) is 4.79 Å². The summed E-state index contributed by atoms with van der Waals surface area (Å²) in [6.07, 6.45) is 3.01. The van der Waals surface area contributed by atoms with Gasteiger partial charge < -0.3 is 24.6 Å². The van der Waals surface area contributed by atoms with Gasteiger partial charge in [-0.1, -0.05) is 25.4 Å². The summed E-state index contributed by atoms with van der Waals surface area (Å²) in [5.74, 6) is 1.92. The zero-order valence-electron chi connectivity index (χ0n) is 18.2. The first kappa shape index (κ1) is 21.7. The van der Waals surface area contributed by atoms with Gasteiger partial charge >= 0.3 is 0 Å². The molecule has 166 valence electrons. The molecule has 2 aliphatic carbocycles. The molecule has 2 saturated carbocycles. The highest BCUT2D eigenvalue weighted by Gasteiger charge is 2.68. The van der Waals surface area contributed by atoms with Crippen LogP contribution >= 0.6 is 11.6 Å². The molecule has 5 atom stereocenters. The molecule has 1 spiro atoms. The average molecular weight is 438 g/mol. The molecule has 0 radical (unpaired) electrons. The van der Waals surface area contributed by atoms with Gasteiger partial charge in [0.25, 0.3) is 0 Å². The Morgan fingerprint density at radius 2 is 2.10 bits per heavy atom.